The SMILES string of the molecule is Cc1cc2c(cc1C)C(C)CCC2. The predicted molar refractivity (Wildman–Crippen MR) is 57.3 cm³/mol. The van der Waals surface area contributed by atoms with Gasteiger partial charge in [0.15, 0.2) is 0 Å². The van der Waals surface area contributed by atoms with Crippen molar-refractivity contribution in [3.8, 4) is 0 Å². The monoisotopic (exact) mass is 174 g/mol. The second-order valence-corrected chi connectivity index (χ2v) is 4.43. The van der Waals surface area contributed by atoms with Gasteiger partial charge in [-0.25, -0.2) is 0 Å². The van der Waals surface area contributed by atoms with Crippen LogP contribution in [-0.4, -0.2) is 0 Å². The van der Waals surface area contributed by atoms with Gasteiger partial charge in [0, 0.05) is 0 Å². The molecule has 0 amide bonds. The van der Waals surface area contributed by atoms with Crippen molar-refractivity contribution in [2.75, 3.05) is 0 Å². The molecule has 1 aromatic carbocycles. The highest BCUT2D eigenvalue weighted by Crippen LogP contribution is 2.32. The Balaban J connectivity index is 2.52. The topological polar surface area (TPSA) is 0 Å². The Hall–Kier alpha value is -0.780. The fraction of sp³-hybridized carbons (Fsp3) is 0.538. The van der Waals surface area contributed by atoms with Gasteiger partial charge < -0.3 is 0 Å². The van der Waals surface area contributed by atoms with Crippen LogP contribution in [0.15, 0.2) is 12.1 Å². The van der Waals surface area contributed by atoms with E-state index in [-0.39, 0.29) is 0 Å². The fourth-order valence-corrected chi connectivity index (χ4v) is 2.33. The van der Waals surface area contributed by atoms with Crippen LogP contribution in [0, 0.1) is 13.8 Å². The van der Waals surface area contributed by atoms with Crippen molar-refractivity contribution in [3.63, 3.8) is 0 Å². The second kappa shape index (κ2) is 3.17. The molecule has 0 N–H and O–H groups in total. The van der Waals surface area contributed by atoms with Crippen molar-refractivity contribution in [3.05, 3.63) is 34.4 Å². The average Bonchev–Trinajstić information content (AvgIpc) is 2.09. The quantitative estimate of drug-likeness (QED) is 0.562. The Bertz CT molecular complexity index is 323. The Kier molecular flexibility index (Phi) is 2.15. The van der Waals surface area contributed by atoms with E-state index in [1.54, 1.807) is 11.1 Å². The van der Waals surface area contributed by atoms with Crippen molar-refractivity contribution in [2.24, 2.45) is 0 Å². The molecule has 2 rings (SSSR count). The van der Waals surface area contributed by atoms with Gasteiger partial charge >= 0.3 is 0 Å². The Labute approximate surface area is 81.0 Å². The molecule has 0 bridgehead atoms. The van der Waals surface area contributed by atoms with Gasteiger partial charge in [-0.3, -0.25) is 0 Å². The Morgan fingerprint density at radius 3 is 2.62 bits per heavy atom. The van der Waals surface area contributed by atoms with Gasteiger partial charge in [0.2, 0.25) is 0 Å². The van der Waals surface area contributed by atoms with Crippen molar-refractivity contribution in [2.45, 2.75) is 46.0 Å². The molecule has 0 heteroatoms. The zero-order valence-corrected chi connectivity index (χ0v) is 8.85. The van der Waals surface area contributed by atoms with E-state index in [1.807, 2.05) is 0 Å². The minimum atomic E-state index is 0.781. The third-order valence-corrected chi connectivity index (χ3v) is 3.37. The van der Waals surface area contributed by atoms with E-state index in [1.165, 1.54) is 30.4 Å². The van der Waals surface area contributed by atoms with Crippen LogP contribution in [0.25, 0.3) is 0 Å². The van der Waals surface area contributed by atoms with E-state index < -0.39 is 0 Å². The van der Waals surface area contributed by atoms with Gasteiger partial charge in [0.05, 0.1) is 0 Å². The summed E-state index contributed by atoms with van der Waals surface area (Å²) in [6.45, 7) is 6.79. The van der Waals surface area contributed by atoms with Crippen LogP contribution in [0.2, 0.25) is 0 Å². The first-order chi connectivity index (χ1) is 6.18. The van der Waals surface area contributed by atoms with Gasteiger partial charge in [-0.05, 0) is 61.3 Å². The molecule has 1 aliphatic carbocycles. The normalized spacial score (nSPS) is 21.3. The smallest absolute Gasteiger partial charge is 0.0187 e. The molecule has 70 valence electrons. The zero-order valence-electron chi connectivity index (χ0n) is 8.85. The van der Waals surface area contributed by atoms with Crippen LogP contribution in [0.3, 0.4) is 0 Å². The third kappa shape index (κ3) is 1.50. The highest BCUT2D eigenvalue weighted by molar-refractivity contribution is 5.40. The maximum absolute atomic E-state index is 2.40. The molecule has 0 nitrogen and oxygen atoms in total. The van der Waals surface area contributed by atoms with Gasteiger partial charge in [-0.15, -0.1) is 0 Å². The molecule has 0 saturated heterocycles. The summed E-state index contributed by atoms with van der Waals surface area (Å²) in [6, 6.07) is 4.79. The maximum atomic E-state index is 2.40. The standard InChI is InChI=1S/C13H18/c1-9-5-4-6-12-7-10(2)11(3)8-13(9)12/h7-9H,4-6H2,1-3H3. The van der Waals surface area contributed by atoms with Crippen LogP contribution >= 0.6 is 0 Å². The fourth-order valence-electron chi connectivity index (χ4n) is 2.33. The molecule has 1 aliphatic rings. The van der Waals surface area contributed by atoms with Crippen molar-refractivity contribution >= 4 is 0 Å². The third-order valence-electron chi connectivity index (χ3n) is 3.37. The summed E-state index contributed by atoms with van der Waals surface area (Å²) in [5, 5.41) is 0. The maximum Gasteiger partial charge on any atom is -0.0187 e. The number of hydrogen-bond acceptors (Lipinski definition) is 0. The summed E-state index contributed by atoms with van der Waals surface area (Å²) in [5.74, 6) is 0.781. The summed E-state index contributed by atoms with van der Waals surface area (Å²) < 4.78 is 0. The number of rotatable bonds is 0. The molecule has 0 saturated carbocycles. The van der Waals surface area contributed by atoms with Crippen LogP contribution < -0.4 is 0 Å². The van der Waals surface area contributed by atoms with Gasteiger partial charge in [-0.1, -0.05) is 19.1 Å². The molecule has 13 heavy (non-hydrogen) atoms. The van der Waals surface area contributed by atoms with Crippen LogP contribution in [-0.2, 0) is 6.42 Å². The lowest BCUT2D eigenvalue weighted by molar-refractivity contribution is 0.589. The number of aryl methyl sites for hydroxylation is 3. The molecular formula is C13H18. The van der Waals surface area contributed by atoms with E-state index in [9.17, 15) is 0 Å². The van der Waals surface area contributed by atoms with Gasteiger partial charge in [-0.2, -0.15) is 0 Å². The summed E-state index contributed by atoms with van der Waals surface area (Å²) in [4.78, 5) is 0. The zero-order chi connectivity index (χ0) is 9.42. The molecule has 0 spiro atoms. The summed E-state index contributed by atoms with van der Waals surface area (Å²) in [7, 11) is 0. The molecule has 1 aromatic rings. The molecule has 0 radical (unpaired) electrons. The first kappa shape index (κ1) is 8.80. The lowest BCUT2D eigenvalue weighted by Gasteiger charge is -2.23. The summed E-state index contributed by atoms with van der Waals surface area (Å²) in [5.41, 5.74) is 6.11. The molecular weight excluding hydrogens is 156 g/mol. The molecule has 1 atom stereocenters. The Morgan fingerprint density at radius 2 is 1.85 bits per heavy atom. The second-order valence-electron chi connectivity index (χ2n) is 4.43. The minimum Gasteiger partial charge on any atom is -0.0584 e. The van der Waals surface area contributed by atoms with Crippen molar-refractivity contribution in [1.29, 1.82) is 0 Å². The first-order valence-corrected chi connectivity index (χ1v) is 5.28. The summed E-state index contributed by atoms with van der Waals surface area (Å²) >= 11 is 0. The van der Waals surface area contributed by atoms with E-state index >= 15 is 0 Å². The highest BCUT2D eigenvalue weighted by Gasteiger charge is 2.16. The van der Waals surface area contributed by atoms with Crippen LogP contribution in [0.1, 0.15) is 47.9 Å². The first-order valence-electron chi connectivity index (χ1n) is 5.28. The number of fused-ring (bicyclic) bond motifs is 1. The summed E-state index contributed by atoms with van der Waals surface area (Å²) in [6.07, 6.45) is 4.03. The lowest BCUT2D eigenvalue weighted by atomic mass is 9.82. The van der Waals surface area contributed by atoms with Gasteiger partial charge in [0.1, 0.15) is 0 Å². The van der Waals surface area contributed by atoms with Crippen molar-refractivity contribution in [1.82, 2.24) is 0 Å². The van der Waals surface area contributed by atoms with E-state index in [4.69, 9.17) is 0 Å². The predicted octanol–water partition coefficient (Wildman–Crippen LogP) is 3.74. The minimum absolute atomic E-state index is 0.781. The Morgan fingerprint density at radius 1 is 1.15 bits per heavy atom. The largest absolute Gasteiger partial charge is 0.0584 e. The molecule has 1 unspecified atom stereocenters. The lowest BCUT2D eigenvalue weighted by Crippen LogP contribution is -2.07. The average molecular weight is 174 g/mol. The number of benzene rings is 1. The van der Waals surface area contributed by atoms with E-state index in [0.29, 0.717) is 0 Å². The van der Waals surface area contributed by atoms with Crippen LogP contribution in [0.5, 0.6) is 0 Å². The molecule has 0 aromatic heterocycles. The molecule has 0 aliphatic heterocycles. The number of hydrogen-bond donors (Lipinski definition) is 0. The van der Waals surface area contributed by atoms with Gasteiger partial charge in [0.25, 0.3) is 0 Å². The van der Waals surface area contributed by atoms with E-state index in [2.05, 4.69) is 32.9 Å². The molecule has 0 fully saturated rings. The molecule has 0 heterocycles. The van der Waals surface area contributed by atoms with Crippen molar-refractivity contribution < 1.29 is 0 Å². The van der Waals surface area contributed by atoms with Crippen LogP contribution in [0.4, 0.5) is 0 Å². The van der Waals surface area contributed by atoms with E-state index in [0.717, 1.165) is 5.92 Å². The highest BCUT2D eigenvalue weighted by atomic mass is 14.2.